The summed E-state index contributed by atoms with van der Waals surface area (Å²) in [6.45, 7) is 0.926. The van der Waals surface area contributed by atoms with Crippen LogP contribution in [0.2, 0.25) is 0 Å². The van der Waals surface area contributed by atoms with E-state index in [1.165, 1.54) is 0 Å². The van der Waals surface area contributed by atoms with Gasteiger partial charge in [-0.25, -0.2) is 8.42 Å². The minimum atomic E-state index is -3.33. The minimum Gasteiger partial charge on any atom is -0.480 e. The van der Waals surface area contributed by atoms with Crippen LogP contribution in [0.15, 0.2) is 35.2 Å². The highest BCUT2D eigenvalue weighted by Crippen LogP contribution is 2.18. The first-order chi connectivity index (χ1) is 9.00. The topological polar surface area (TPSA) is 74.7 Å². The highest BCUT2D eigenvalue weighted by Gasteiger charge is 2.31. The van der Waals surface area contributed by atoms with Gasteiger partial charge in [0.15, 0.2) is 9.84 Å². The molecular formula is C13H17NO4S. The van der Waals surface area contributed by atoms with Crippen molar-refractivity contribution in [3.8, 4) is 0 Å². The summed E-state index contributed by atoms with van der Waals surface area (Å²) in [6, 6.07) is 7.72. The summed E-state index contributed by atoms with van der Waals surface area (Å²) in [5, 5.41) is 9.04. The number of hydrogen-bond donors (Lipinski definition) is 1. The van der Waals surface area contributed by atoms with Gasteiger partial charge in [-0.2, -0.15) is 0 Å². The number of nitrogens with zero attached hydrogens (tertiary/aromatic N) is 1. The van der Waals surface area contributed by atoms with Crippen molar-refractivity contribution in [1.82, 2.24) is 4.90 Å². The van der Waals surface area contributed by atoms with Gasteiger partial charge in [0.2, 0.25) is 0 Å². The van der Waals surface area contributed by atoms with Crippen LogP contribution in [0, 0.1) is 0 Å². The average Bonchev–Trinajstić information content (AvgIpc) is 2.86. The van der Waals surface area contributed by atoms with Gasteiger partial charge in [0.05, 0.1) is 10.6 Å². The number of sulfone groups is 1. The smallest absolute Gasteiger partial charge is 0.320 e. The van der Waals surface area contributed by atoms with Crippen molar-refractivity contribution in [1.29, 1.82) is 0 Å². The molecular weight excluding hydrogens is 266 g/mol. The molecule has 1 atom stereocenters. The number of likely N-dealkylation sites (tertiary alicyclic amines) is 1. The third-order valence-electron chi connectivity index (χ3n) is 3.40. The van der Waals surface area contributed by atoms with Crippen LogP contribution >= 0.6 is 0 Å². The van der Waals surface area contributed by atoms with Crippen LogP contribution in [0.1, 0.15) is 12.8 Å². The predicted octanol–water partition coefficient (Wildman–Crippen LogP) is 1.01. The van der Waals surface area contributed by atoms with Crippen LogP contribution in [0.5, 0.6) is 0 Å². The fraction of sp³-hybridized carbons (Fsp3) is 0.462. The number of carbonyl (C=O) groups is 1. The number of rotatable bonds is 5. The number of carboxylic acids is 1. The lowest BCUT2D eigenvalue weighted by Gasteiger charge is -2.20. The second kappa shape index (κ2) is 5.71. The van der Waals surface area contributed by atoms with Gasteiger partial charge in [0.1, 0.15) is 6.04 Å². The van der Waals surface area contributed by atoms with Crippen molar-refractivity contribution < 1.29 is 18.3 Å². The number of benzene rings is 1. The maximum absolute atomic E-state index is 12.1. The molecule has 0 aliphatic carbocycles. The molecule has 1 aromatic carbocycles. The SMILES string of the molecule is O=C(O)[C@@H]1CCCN1CCS(=O)(=O)c1ccccc1. The van der Waals surface area contributed by atoms with Gasteiger partial charge in [-0.15, -0.1) is 0 Å². The zero-order valence-electron chi connectivity index (χ0n) is 10.5. The Bertz CT molecular complexity index is 541. The van der Waals surface area contributed by atoms with Gasteiger partial charge in [-0.05, 0) is 31.5 Å². The maximum Gasteiger partial charge on any atom is 0.320 e. The molecule has 5 nitrogen and oxygen atoms in total. The maximum atomic E-state index is 12.1. The lowest BCUT2D eigenvalue weighted by Crippen LogP contribution is -2.38. The molecule has 2 rings (SSSR count). The average molecular weight is 283 g/mol. The Morgan fingerprint density at radius 1 is 1.32 bits per heavy atom. The van der Waals surface area contributed by atoms with E-state index < -0.39 is 21.8 Å². The van der Waals surface area contributed by atoms with E-state index >= 15 is 0 Å². The van der Waals surface area contributed by atoms with E-state index in [4.69, 9.17) is 5.11 Å². The van der Waals surface area contributed by atoms with Crippen LogP contribution in [-0.4, -0.2) is 49.3 Å². The summed E-state index contributed by atoms with van der Waals surface area (Å²) in [7, 11) is -3.33. The van der Waals surface area contributed by atoms with E-state index in [2.05, 4.69) is 0 Å². The van der Waals surface area contributed by atoms with Crippen LogP contribution in [0.25, 0.3) is 0 Å². The standard InChI is InChI=1S/C13H17NO4S/c15-13(16)12-7-4-8-14(12)9-10-19(17,18)11-5-2-1-3-6-11/h1-3,5-6,12H,4,7-10H2,(H,15,16)/t12-/m0/s1. The van der Waals surface area contributed by atoms with Crippen molar-refractivity contribution >= 4 is 15.8 Å². The quantitative estimate of drug-likeness (QED) is 0.873. The lowest BCUT2D eigenvalue weighted by atomic mass is 10.2. The Labute approximate surface area is 112 Å². The molecule has 1 saturated heterocycles. The molecule has 0 radical (unpaired) electrons. The molecule has 0 spiro atoms. The van der Waals surface area contributed by atoms with Gasteiger partial charge in [0.25, 0.3) is 0 Å². The van der Waals surface area contributed by atoms with Crippen LogP contribution in [0.4, 0.5) is 0 Å². The minimum absolute atomic E-state index is 0.0409. The second-order valence-electron chi connectivity index (χ2n) is 4.66. The molecule has 19 heavy (non-hydrogen) atoms. The van der Waals surface area contributed by atoms with Gasteiger partial charge < -0.3 is 5.11 Å². The van der Waals surface area contributed by atoms with Crippen molar-refractivity contribution in [2.24, 2.45) is 0 Å². The zero-order valence-corrected chi connectivity index (χ0v) is 11.3. The van der Waals surface area contributed by atoms with Crippen LogP contribution < -0.4 is 0 Å². The van der Waals surface area contributed by atoms with E-state index in [1.54, 1.807) is 35.2 Å². The summed E-state index contributed by atoms with van der Waals surface area (Å²) in [6.07, 6.45) is 1.41. The third-order valence-corrected chi connectivity index (χ3v) is 5.11. The molecule has 1 aliphatic rings. The molecule has 0 aromatic heterocycles. The summed E-state index contributed by atoms with van der Waals surface area (Å²) in [5.74, 6) is -0.907. The second-order valence-corrected chi connectivity index (χ2v) is 6.77. The molecule has 1 N–H and O–H groups in total. The van der Waals surface area contributed by atoms with Crippen molar-refractivity contribution in [2.75, 3.05) is 18.8 Å². The first kappa shape index (κ1) is 14.0. The highest BCUT2D eigenvalue weighted by molar-refractivity contribution is 7.91. The molecule has 6 heteroatoms. The fourth-order valence-electron chi connectivity index (χ4n) is 2.36. The normalized spacial score (nSPS) is 20.5. The molecule has 104 valence electrons. The Hall–Kier alpha value is -1.40. The Kier molecular flexibility index (Phi) is 4.21. The van der Waals surface area contributed by atoms with E-state index in [1.807, 2.05) is 0 Å². The first-order valence-corrected chi connectivity index (χ1v) is 7.90. The van der Waals surface area contributed by atoms with E-state index in [9.17, 15) is 13.2 Å². The number of aliphatic carboxylic acids is 1. The Balaban J connectivity index is 2.01. The zero-order chi connectivity index (χ0) is 13.9. The first-order valence-electron chi connectivity index (χ1n) is 6.25. The summed E-state index contributed by atoms with van der Waals surface area (Å²) >= 11 is 0. The number of carboxylic acid groups (broad SMARTS) is 1. The van der Waals surface area contributed by atoms with Crippen LogP contribution in [-0.2, 0) is 14.6 Å². The summed E-state index contributed by atoms with van der Waals surface area (Å²) < 4.78 is 24.2. The monoisotopic (exact) mass is 283 g/mol. The molecule has 0 amide bonds. The molecule has 1 aromatic rings. The largest absolute Gasteiger partial charge is 0.480 e. The third kappa shape index (κ3) is 3.33. The molecule has 0 saturated carbocycles. The molecule has 1 fully saturated rings. The molecule has 1 aliphatic heterocycles. The molecule has 0 unspecified atom stereocenters. The van der Waals surface area contributed by atoms with E-state index in [0.717, 1.165) is 6.42 Å². The summed E-state index contributed by atoms with van der Waals surface area (Å²) in [4.78, 5) is 13.0. The predicted molar refractivity (Wildman–Crippen MR) is 70.7 cm³/mol. The van der Waals surface area contributed by atoms with Gasteiger partial charge >= 0.3 is 5.97 Å². The van der Waals surface area contributed by atoms with E-state index in [-0.39, 0.29) is 12.3 Å². The van der Waals surface area contributed by atoms with Crippen molar-refractivity contribution in [3.05, 3.63) is 30.3 Å². The highest BCUT2D eigenvalue weighted by atomic mass is 32.2. The molecule has 1 heterocycles. The van der Waals surface area contributed by atoms with Crippen LogP contribution in [0.3, 0.4) is 0 Å². The lowest BCUT2D eigenvalue weighted by molar-refractivity contribution is -0.142. The summed E-state index contributed by atoms with van der Waals surface area (Å²) in [5.41, 5.74) is 0. The Morgan fingerprint density at radius 3 is 2.63 bits per heavy atom. The van der Waals surface area contributed by atoms with E-state index in [0.29, 0.717) is 17.9 Å². The van der Waals surface area contributed by atoms with Gasteiger partial charge in [-0.1, -0.05) is 18.2 Å². The fourth-order valence-corrected chi connectivity index (χ4v) is 3.64. The van der Waals surface area contributed by atoms with Gasteiger partial charge in [-0.3, -0.25) is 9.69 Å². The Morgan fingerprint density at radius 2 is 2.00 bits per heavy atom. The van der Waals surface area contributed by atoms with Gasteiger partial charge in [0, 0.05) is 6.54 Å². The van der Waals surface area contributed by atoms with Crippen molar-refractivity contribution in [2.45, 2.75) is 23.8 Å². The van der Waals surface area contributed by atoms with Crippen molar-refractivity contribution in [3.63, 3.8) is 0 Å². The number of hydrogen-bond acceptors (Lipinski definition) is 4. The molecule has 0 bridgehead atoms.